The van der Waals surface area contributed by atoms with Crippen LogP contribution in [0.4, 0.5) is 0 Å². The maximum Gasteiger partial charge on any atom is 0.344 e. The van der Waals surface area contributed by atoms with Crippen molar-refractivity contribution in [2.75, 3.05) is 7.11 Å². The van der Waals surface area contributed by atoms with Crippen molar-refractivity contribution >= 4 is 56.6 Å². The number of phenols is 1. The number of hydrogen-bond acceptors (Lipinski definition) is 16. The molecule has 1 aliphatic heterocycles. The van der Waals surface area contributed by atoms with Crippen LogP contribution in [0.3, 0.4) is 0 Å². The molecule has 0 saturated carbocycles. The molecule has 3 heterocycles. The largest absolute Gasteiger partial charge is 0.502 e. The third kappa shape index (κ3) is 5.55. The number of carbonyl (C=O) groups is 4. The Labute approximate surface area is 251 Å². The zero-order valence-corrected chi connectivity index (χ0v) is 24.6. The molecule has 16 heteroatoms. The second-order valence-corrected chi connectivity index (χ2v) is 10.1. The minimum Gasteiger partial charge on any atom is -0.502 e. The van der Waals surface area contributed by atoms with Crippen molar-refractivity contribution in [3.05, 3.63) is 33.0 Å². The molecule has 1 fully saturated rings. The number of phenolic OH excluding ortho intramolecular Hbond substituents is 1. The number of methoxy groups -OCH3 is 1. The van der Waals surface area contributed by atoms with Gasteiger partial charge in [-0.3, -0.25) is 19.2 Å². The topological polar surface area (TPSA) is 214 Å². The summed E-state index contributed by atoms with van der Waals surface area (Å²) >= 11 is 0. The van der Waals surface area contributed by atoms with Crippen LogP contribution in [0.25, 0.3) is 32.7 Å². The highest BCUT2D eigenvalue weighted by molar-refractivity contribution is 6.22. The van der Waals surface area contributed by atoms with Gasteiger partial charge in [0.15, 0.2) is 34.9 Å². The highest BCUT2D eigenvalue weighted by Gasteiger charge is 2.52. The molecule has 0 spiro atoms. The summed E-state index contributed by atoms with van der Waals surface area (Å²) in [7, 11) is 1.23. The van der Waals surface area contributed by atoms with Crippen LogP contribution in [0, 0.1) is 0 Å². The Kier molecular flexibility index (Phi) is 8.01. The minimum atomic E-state index is -1.62. The Morgan fingerprint density at radius 3 is 1.80 bits per heavy atom. The van der Waals surface area contributed by atoms with E-state index in [1.807, 2.05) is 0 Å². The fraction of sp³-hybridized carbons (Fsp3) is 0.379. The Hall–Kier alpha value is -5.38. The van der Waals surface area contributed by atoms with E-state index < -0.39 is 82.9 Å². The summed E-state index contributed by atoms with van der Waals surface area (Å²) in [5.41, 5.74) is -2.74. The van der Waals surface area contributed by atoms with E-state index in [2.05, 4.69) is 0 Å². The van der Waals surface area contributed by atoms with E-state index in [9.17, 15) is 33.9 Å². The van der Waals surface area contributed by atoms with Crippen molar-refractivity contribution in [1.82, 2.24) is 0 Å². The van der Waals surface area contributed by atoms with E-state index in [0.29, 0.717) is 0 Å². The lowest BCUT2D eigenvalue weighted by molar-refractivity contribution is -0.280. The van der Waals surface area contributed by atoms with Gasteiger partial charge in [-0.15, -0.1) is 0 Å². The molecule has 2 aromatic heterocycles. The van der Waals surface area contributed by atoms with Gasteiger partial charge in [-0.1, -0.05) is 0 Å². The first-order chi connectivity index (χ1) is 21.2. The molecule has 5 rings (SSSR count). The Morgan fingerprint density at radius 1 is 0.733 bits per heavy atom. The molecule has 5 unspecified atom stereocenters. The summed E-state index contributed by atoms with van der Waals surface area (Å²) < 4.78 is 49.1. The summed E-state index contributed by atoms with van der Waals surface area (Å²) in [5.74, 6) is -4.76. The third-order valence-electron chi connectivity index (χ3n) is 6.84. The quantitative estimate of drug-likeness (QED) is 0.102. The number of ether oxygens (including phenoxy) is 7. The molecule has 5 atom stereocenters. The number of benzene rings is 2. The number of hydrogen-bond donors (Lipinski definition) is 1. The van der Waals surface area contributed by atoms with Gasteiger partial charge in [-0.25, -0.2) is 9.59 Å². The third-order valence-corrected chi connectivity index (χ3v) is 6.84. The van der Waals surface area contributed by atoms with Crippen LogP contribution in [0.2, 0.25) is 0 Å². The van der Waals surface area contributed by atoms with E-state index in [1.54, 1.807) is 0 Å². The normalized spacial score (nSPS) is 21.4. The van der Waals surface area contributed by atoms with Crippen molar-refractivity contribution in [2.45, 2.75) is 65.3 Å². The van der Waals surface area contributed by atoms with Gasteiger partial charge in [0.25, 0.3) is 0 Å². The van der Waals surface area contributed by atoms with Crippen LogP contribution in [-0.4, -0.2) is 66.8 Å². The monoisotopic (exact) mass is 630 g/mol. The highest BCUT2D eigenvalue weighted by atomic mass is 16.7. The molecule has 1 saturated heterocycles. The average molecular weight is 631 g/mol. The Bertz CT molecular complexity index is 1970. The molecule has 2 aromatic carbocycles. The zero-order valence-electron chi connectivity index (χ0n) is 24.6. The molecular weight excluding hydrogens is 604 g/mol. The van der Waals surface area contributed by atoms with Crippen LogP contribution in [0.1, 0.15) is 34.6 Å². The fourth-order valence-electron chi connectivity index (χ4n) is 5.25. The first-order valence-corrected chi connectivity index (χ1v) is 13.3. The van der Waals surface area contributed by atoms with Crippen molar-refractivity contribution in [2.24, 2.45) is 0 Å². The van der Waals surface area contributed by atoms with Crippen LogP contribution in [0.15, 0.2) is 30.6 Å². The molecule has 45 heavy (non-hydrogen) atoms. The summed E-state index contributed by atoms with van der Waals surface area (Å²) in [6.45, 7) is 5.86. The van der Waals surface area contributed by atoms with Crippen molar-refractivity contribution in [1.29, 1.82) is 0 Å². The maximum atomic E-state index is 13.3. The van der Waals surface area contributed by atoms with Gasteiger partial charge in [-0.2, -0.15) is 0 Å². The van der Waals surface area contributed by atoms with Crippen molar-refractivity contribution in [3.8, 4) is 23.0 Å². The first-order valence-electron chi connectivity index (χ1n) is 13.3. The zero-order chi connectivity index (χ0) is 32.9. The molecule has 1 N–H and O–H groups in total. The van der Waals surface area contributed by atoms with Crippen molar-refractivity contribution in [3.63, 3.8) is 0 Å². The summed E-state index contributed by atoms with van der Waals surface area (Å²) in [5, 5.41) is 10.9. The molecule has 238 valence electrons. The average Bonchev–Trinajstić information content (AvgIpc) is 2.93. The van der Waals surface area contributed by atoms with E-state index in [4.69, 9.17) is 42.0 Å². The molecule has 0 aliphatic carbocycles. The van der Waals surface area contributed by atoms with Crippen LogP contribution < -0.4 is 25.5 Å². The van der Waals surface area contributed by atoms with Gasteiger partial charge >= 0.3 is 35.1 Å². The lowest BCUT2D eigenvalue weighted by Gasteiger charge is -2.43. The van der Waals surface area contributed by atoms with Gasteiger partial charge in [0.2, 0.25) is 23.9 Å². The van der Waals surface area contributed by atoms with E-state index in [0.717, 1.165) is 33.8 Å². The molecule has 0 bridgehead atoms. The van der Waals surface area contributed by atoms with Crippen LogP contribution >= 0.6 is 0 Å². The first kappa shape index (κ1) is 31.1. The van der Waals surface area contributed by atoms with Crippen LogP contribution in [0.5, 0.6) is 23.0 Å². The number of rotatable bonds is 7. The second kappa shape index (κ2) is 11.6. The van der Waals surface area contributed by atoms with Gasteiger partial charge in [0.1, 0.15) is 0 Å². The minimum absolute atomic E-state index is 0.0184. The summed E-state index contributed by atoms with van der Waals surface area (Å²) in [6, 6.07) is 2.25. The van der Waals surface area contributed by atoms with E-state index in [1.165, 1.54) is 20.1 Å². The van der Waals surface area contributed by atoms with Gasteiger partial charge in [0.05, 0.1) is 24.0 Å². The standard InChI is InChI=1S/C29H26O16/c1-9-21(40-11(3)31)25(41-12(4)32)26(42-13(5)33)29(38-9)43-16-7-14-18-19-15(27(35)44-23(18)20(16)34)8-17(39-10(2)30)22(37-6)24(19)45-28(14)36/h7-9,21,25-26,29,34H,1-6H3. The number of aromatic hydroxyl groups is 1. The summed E-state index contributed by atoms with van der Waals surface area (Å²) in [6.07, 6.45) is -6.83. The highest BCUT2D eigenvalue weighted by Crippen LogP contribution is 2.46. The predicted molar refractivity (Wildman–Crippen MR) is 148 cm³/mol. The maximum absolute atomic E-state index is 13.3. The number of carbonyl (C=O) groups excluding carboxylic acids is 4. The Balaban J connectivity index is 1.69. The molecule has 16 nitrogen and oxygen atoms in total. The lowest BCUT2D eigenvalue weighted by Crippen LogP contribution is -2.62. The predicted octanol–water partition coefficient (Wildman–Crippen LogP) is 2.05. The number of esters is 4. The Morgan fingerprint density at radius 2 is 1.24 bits per heavy atom. The van der Waals surface area contributed by atoms with E-state index >= 15 is 0 Å². The summed E-state index contributed by atoms with van der Waals surface area (Å²) in [4.78, 5) is 73.9. The molecular formula is C29H26O16. The van der Waals surface area contributed by atoms with Gasteiger partial charge < -0.3 is 47.1 Å². The SMILES string of the molecule is COc1c(OC(C)=O)cc2c(=O)oc3c(O)c(OC4OC(C)C(OC(C)=O)C(OC(C)=O)C4OC(C)=O)cc4c(=O)oc1c2c34. The lowest BCUT2D eigenvalue weighted by atomic mass is 9.98. The second-order valence-electron chi connectivity index (χ2n) is 10.1. The molecule has 4 aromatic rings. The van der Waals surface area contributed by atoms with Crippen molar-refractivity contribution < 1.29 is 66.3 Å². The smallest absolute Gasteiger partial charge is 0.344 e. The van der Waals surface area contributed by atoms with Gasteiger partial charge in [-0.05, 0) is 13.0 Å². The molecule has 1 aliphatic rings. The van der Waals surface area contributed by atoms with Gasteiger partial charge in [0, 0.05) is 44.5 Å². The molecule has 0 amide bonds. The van der Waals surface area contributed by atoms with E-state index in [-0.39, 0.29) is 38.6 Å². The van der Waals surface area contributed by atoms with Crippen LogP contribution in [-0.2, 0) is 38.1 Å². The molecule has 0 radical (unpaired) electrons. The fourth-order valence-corrected chi connectivity index (χ4v) is 5.25.